The van der Waals surface area contributed by atoms with Gasteiger partial charge in [-0.15, -0.1) is 0 Å². The Morgan fingerprint density at radius 2 is 2.16 bits per heavy atom. The molecule has 0 spiro atoms. The molecule has 1 N–H and O–H groups in total. The van der Waals surface area contributed by atoms with Crippen LogP contribution in [0.1, 0.15) is 32.1 Å². The van der Waals surface area contributed by atoms with E-state index in [9.17, 15) is 14.7 Å². The minimum absolute atomic E-state index is 0.0383. The molecule has 1 saturated carbocycles. The molecule has 5 nitrogen and oxygen atoms in total. The quantitative estimate of drug-likeness (QED) is 0.829. The summed E-state index contributed by atoms with van der Waals surface area (Å²) in [4.78, 5) is 25.5. The Bertz CT molecular complexity index is 393. The van der Waals surface area contributed by atoms with Crippen molar-refractivity contribution in [3.63, 3.8) is 0 Å². The van der Waals surface area contributed by atoms with Crippen LogP contribution in [-0.2, 0) is 14.3 Å². The van der Waals surface area contributed by atoms with Crippen molar-refractivity contribution in [3.05, 3.63) is 0 Å². The summed E-state index contributed by atoms with van der Waals surface area (Å²) < 4.78 is 5.39. The highest BCUT2D eigenvalue weighted by molar-refractivity contribution is 5.81. The molecule has 3 fully saturated rings. The molecule has 1 aliphatic carbocycles. The fourth-order valence-electron chi connectivity index (χ4n) is 3.38. The average molecular weight is 267 g/mol. The van der Waals surface area contributed by atoms with Gasteiger partial charge in [0.15, 0.2) is 0 Å². The molecular weight excluding hydrogens is 246 g/mol. The van der Waals surface area contributed by atoms with Crippen LogP contribution in [0.4, 0.5) is 0 Å². The third kappa shape index (κ3) is 2.36. The van der Waals surface area contributed by atoms with Crippen LogP contribution >= 0.6 is 0 Å². The number of rotatable bonds is 4. The third-order valence-corrected chi connectivity index (χ3v) is 4.95. The molecule has 3 aliphatic rings. The number of aliphatic carboxylic acids is 1. The van der Waals surface area contributed by atoms with Gasteiger partial charge in [0.05, 0.1) is 12.0 Å². The van der Waals surface area contributed by atoms with Crippen molar-refractivity contribution in [1.29, 1.82) is 0 Å². The molecule has 0 aromatic rings. The van der Waals surface area contributed by atoms with Crippen LogP contribution in [0.3, 0.4) is 0 Å². The second-order valence-corrected chi connectivity index (χ2v) is 6.24. The number of fused-ring (bicyclic) bond motifs is 1. The highest BCUT2D eigenvalue weighted by atomic mass is 16.5. The number of hydrogen-bond acceptors (Lipinski definition) is 3. The van der Waals surface area contributed by atoms with E-state index in [1.165, 1.54) is 12.8 Å². The molecule has 0 aromatic heterocycles. The number of carboxylic acid groups (broad SMARTS) is 1. The predicted octanol–water partition coefficient (Wildman–Crippen LogP) is 1.13. The van der Waals surface area contributed by atoms with E-state index in [-0.39, 0.29) is 11.8 Å². The topological polar surface area (TPSA) is 66.8 Å². The lowest BCUT2D eigenvalue weighted by molar-refractivity contribution is -0.157. The molecule has 2 aliphatic heterocycles. The molecule has 2 heterocycles. The summed E-state index contributed by atoms with van der Waals surface area (Å²) >= 11 is 0. The molecule has 0 radical (unpaired) electrons. The number of carbonyl (C=O) groups excluding carboxylic acids is 1. The number of carboxylic acids is 1. The van der Waals surface area contributed by atoms with Gasteiger partial charge >= 0.3 is 5.97 Å². The SMILES string of the molecule is O=C(CCC1CC1)N1C[C@H]2COCC[C@@]2(C(=O)O)C1. The van der Waals surface area contributed by atoms with Crippen LogP contribution in [0, 0.1) is 17.3 Å². The van der Waals surface area contributed by atoms with Crippen LogP contribution < -0.4 is 0 Å². The van der Waals surface area contributed by atoms with Gasteiger partial charge in [0.2, 0.25) is 5.91 Å². The van der Waals surface area contributed by atoms with Gasteiger partial charge in [0.1, 0.15) is 0 Å². The summed E-state index contributed by atoms with van der Waals surface area (Å²) in [5.41, 5.74) is -0.756. The smallest absolute Gasteiger partial charge is 0.311 e. The summed E-state index contributed by atoms with van der Waals surface area (Å²) in [6, 6.07) is 0. The number of likely N-dealkylation sites (tertiary alicyclic amines) is 1. The van der Waals surface area contributed by atoms with E-state index in [1.807, 2.05) is 0 Å². The molecule has 1 amide bonds. The Balaban J connectivity index is 1.65. The molecule has 0 unspecified atom stereocenters. The van der Waals surface area contributed by atoms with Gasteiger partial charge in [0.25, 0.3) is 0 Å². The summed E-state index contributed by atoms with van der Waals surface area (Å²) in [6.07, 6.45) is 4.58. The zero-order valence-electron chi connectivity index (χ0n) is 11.1. The van der Waals surface area contributed by atoms with Gasteiger partial charge in [-0.3, -0.25) is 9.59 Å². The van der Waals surface area contributed by atoms with Crippen molar-refractivity contribution in [3.8, 4) is 0 Å². The van der Waals surface area contributed by atoms with Gasteiger partial charge in [-0.2, -0.15) is 0 Å². The lowest BCUT2D eigenvalue weighted by atomic mass is 9.74. The maximum atomic E-state index is 12.2. The Morgan fingerprint density at radius 1 is 1.37 bits per heavy atom. The third-order valence-electron chi connectivity index (χ3n) is 4.95. The van der Waals surface area contributed by atoms with Gasteiger partial charge < -0.3 is 14.7 Å². The van der Waals surface area contributed by atoms with Crippen LogP contribution in [0.5, 0.6) is 0 Å². The van der Waals surface area contributed by atoms with Crippen LogP contribution in [0.25, 0.3) is 0 Å². The minimum Gasteiger partial charge on any atom is -0.481 e. The first-order valence-corrected chi connectivity index (χ1v) is 7.21. The Hall–Kier alpha value is -1.10. The van der Waals surface area contributed by atoms with Crippen molar-refractivity contribution in [2.75, 3.05) is 26.3 Å². The molecule has 106 valence electrons. The molecule has 5 heteroatoms. The van der Waals surface area contributed by atoms with Crippen molar-refractivity contribution >= 4 is 11.9 Å². The maximum Gasteiger partial charge on any atom is 0.311 e. The van der Waals surface area contributed by atoms with E-state index in [1.54, 1.807) is 4.90 Å². The maximum absolute atomic E-state index is 12.2. The standard InChI is InChI=1S/C14H21NO4/c16-12(4-3-10-1-2-10)15-7-11-8-19-6-5-14(11,9-15)13(17)18/h10-11H,1-9H2,(H,17,18)/t11-,14+/m0/s1. The largest absolute Gasteiger partial charge is 0.481 e. The van der Waals surface area contributed by atoms with E-state index in [0.29, 0.717) is 39.1 Å². The summed E-state index contributed by atoms with van der Waals surface area (Å²) in [6.45, 7) is 1.89. The molecule has 19 heavy (non-hydrogen) atoms. The zero-order valence-corrected chi connectivity index (χ0v) is 11.1. The van der Waals surface area contributed by atoms with Gasteiger partial charge in [0, 0.05) is 32.0 Å². The zero-order chi connectivity index (χ0) is 13.5. The second-order valence-electron chi connectivity index (χ2n) is 6.24. The van der Waals surface area contributed by atoms with Crippen molar-refractivity contribution < 1.29 is 19.4 Å². The van der Waals surface area contributed by atoms with Crippen LogP contribution in [-0.4, -0.2) is 48.2 Å². The number of carbonyl (C=O) groups is 2. The Labute approximate surface area is 112 Å². The summed E-state index contributed by atoms with van der Waals surface area (Å²) in [5.74, 6) is 0.0643. The number of hydrogen-bond donors (Lipinski definition) is 1. The molecule has 0 aromatic carbocycles. The monoisotopic (exact) mass is 267 g/mol. The fraction of sp³-hybridized carbons (Fsp3) is 0.857. The van der Waals surface area contributed by atoms with Gasteiger partial charge in [-0.05, 0) is 18.8 Å². The van der Waals surface area contributed by atoms with E-state index in [4.69, 9.17) is 4.74 Å². The first-order chi connectivity index (χ1) is 9.12. The molecule has 0 bridgehead atoms. The first kappa shape index (κ1) is 12.9. The van der Waals surface area contributed by atoms with E-state index in [2.05, 4.69) is 0 Å². The van der Waals surface area contributed by atoms with Crippen molar-refractivity contribution in [2.45, 2.75) is 32.1 Å². The van der Waals surface area contributed by atoms with Crippen molar-refractivity contribution in [2.24, 2.45) is 17.3 Å². The highest BCUT2D eigenvalue weighted by Gasteiger charge is 2.54. The van der Waals surface area contributed by atoms with Crippen LogP contribution in [0.15, 0.2) is 0 Å². The normalized spacial score (nSPS) is 34.1. The average Bonchev–Trinajstić information content (AvgIpc) is 3.13. The highest BCUT2D eigenvalue weighted by Crippen LogP contribution is 2.43. The van der Waals surface area contributed by atoms with Crippen LogP contribution in [0.2, 0.25) is 0 Å². The second kappa shape index (κ2) is 4.78. The minimum atomic E-state index is -0.765. The first-order valence-electron chi connectivity index (χ1n) is 7.21. The van der Waals surface area contributed by atoms with E-state index >= 15 is 0 Å². The summed E-state index contributed by atoms with van der Waals surface area (Å²) in [5, 5.41) is 9.53. The Kier molecular flexibility index (Phi) is 3.25. The lowest BCUT2D eigenvalue weighted by Crippen LogP contribution is -2.45. The molecule has 2 saturated heterocycles. The number of nitrogens with zero attached hydrogens (tertiary/aromatic N) is 1. The lowest BCUT2D eigenvalue weighted by Gasteiger charge is -2.33. The predicted molar refractivity (Wildman–Crippen MR) is 67.5 cm³/mol. The molecule has 3 rings (SSSR count). The van der Waals surface area contributed by atoms with Gasteiger partial charge in [-0.25, -0.2) is 0 Å². The summed E-state index contributed by atoms with van der Waals surface area (Å²) in [7, 11) is 0. The molecular formula is C14H21NO4. The van der Waals surface area contributed by atoms with E-state index < -0.39 is 11.4 Å². The fourth-order valence-corrected chi connectivity index (χ4v) is 3.38. The molecule has 2 atom stereocenters. The van der Waals surface area contributed by atoms with Gasteiger partial charge in [-0.1, -0.05) is 12.8 Å². The Morgan fingerprint density at radius 3 is 2.79 bits per heavy atom. The number of ether oxygens (including phenoxy) is 1. The number of amides is 1. The van der Waals surface area contributed by atoms with E-state index in [0.717, 1.165) is 12.3 Å². The van der Waals surface area contributed by atoms with Crippen molar-refractivity contribution in [1.82, 2.24) is 4.90 Å².